The Labute approximate surface area is 108 Å². The highest BCUT2D eigenvalue weighted by molar-refractivity contribution is 7.22. The third kappa shape index (κ3) is 3.27. The summed E-state index contributed by atoms with van der Waals surface area (Å²) in [4.78, 5) is 14.8. The topological polar surface area (TPSA) is 74.6 Å². The SMILES string of the molecule is CC(CCC(=O)O)=NNc1nc2ccccc2s1. The summed E-state index contributed by atoms with van der Waals surface area (Å²) in [6.45, 7) is 1.79. The van der Waals surface area contributed by atoms with Gasteiger partial charge in [0.25, 0.3) is 0 Å². The molecule has 0 fully saturated rings. The number of carboxylic acids is 1. The number of nitrogens with one attached hydrogen (secondary N) is 1. The van der Waals surface area contributed by atoms with E-state index >= 15 is 0 Å². The van der Waals surface area contributed by atoms with E-state index in [0.29, 0.717) is 11.6 Å². The van der Waals surface area contributed by atoms with E-state index in [-0.39, 0.29) is 6.42 Å². The third-order valence-corrected chi connectivity index (χ3v) is 3.28. The fourth-order valence-electron chi connectivity index (χ4n) is 1.41. The number of hydrogen-bond donors (Lipinski definition) is 2. The first kappa shape index (κ1) is 12.5. The summed E-state index contributed by atoms with van der Waals surface area (Å²) >= 11 is 1.52. The molecule has 5 nitrogen and oxygen atoms in total. The number of para-hydroxylation sites is 1. The van der Waals surface area contributed by atoms with Crippen molar-refractivity contribution in [2.75, 3.05) is 5.43 Å². The number of hydrogen-bond acceptors (Lipinski definition) is 5. The zero-order valence-corrected chi connectivity index (χ0v) is 10.7. The summed E-state index contributed by atoms with van der Waals surface area (Å²) in [5.41, 5.74) is 4.54. The molecule has 1 aromatic heterocycles. The van der Waals surface area contributed by atoms with Crippen LogP contribution in [0.15, 0.2) is 29.4 Å². The number of aromatic nitrogens is 1. The zero-order valence-electron chi connectivity index (χ0n) is 9.88. The van der Waals surface area contributed by atoms with Gasteiger partial charge in [-0.05, 0) is 25.5 Å². The lowest BCUT2D eigenvalue weighted by atomic mass is 10.2. The van der Waals surface area contributed by atoms with Crippen LogP contribution < -0.4 is 5.43 Å². The molecule has 1 aromatic carbocycles. The maximum atomic E-state index is 10.4. The second-order valence-corrected chi connectivity index (χ2v) is 4.87. The smallest absolute Gasteiger partial charge is 0.303 e. The lowest BCUT2D eigenvalue weighted by molar-refractivity contribution is -0.136. The number of anilines is 1. The minimum absolute atomic E-state index is 0.0941. The first-order valence-corrected chi connectivity index (χ1v) is 6.33. The maximum Gasteiger partial charge on any atom is 0.303 e. The summed E-state index contributed by atoms with van der Waals surface area (Å²) < 4.78 is 1.10. The molecule has 0 saturated heterocycles. The Bertz CT molecular complexity index is 559. The van der Waals surface area contributed by atoms with Gasteiger partial charge >= 0.3 is 5.97 Å². The highest BCUT2D eigenvalue weighted by Crippen LogP contribution is 2.25. The van der Waals surface area contributed by atoms with E-state index in [1.807, 2.05) is 24.3 Å². The number of hydrazone groups is 1. The van der Waals surface area contributed by atoms with Crippen molar-refractivity contribution in [1.82, 2.24) is 4.98 Å². The minimum Gasteiger partial charge on any atom is -0.481 e. The predicted octanol–water partition coefficient (Wildman–Crippen LogP) is 2.95. The van der Waals surface area contributed by atoms with Gasteiger partial charge in [0.2, 0.25) is 5.13 Å². The van der Waals surface area contributed by atoms with Gasteiger partial charge in [0.05, 0.1) is 16.6 Å². The van der Waals surface area contributed by atoms with E-state index in [1.54, 1.807) is 6.92 Å². The highest BCUT2D eigenvalue weighted by atomic mass is 32.1. The van der Waals surface area contributed by atoms with Crippen molar-refractivity contribution in [3.05, 3.63) is 24.3 Å². The highest BCUT2D eigenvalue weighted by Gasteiger charge is 2.02. The molecule has 0 amide bonds. The molecule has 2 aromatic rings. The molecule has 0 unspecified atom stereocenters. The molecule has 2 N–H and O–H groups in total. The van der Waals surface area contributed by atoms with Gasteiger partial charge < -0.3 is 5.11 Å². The van der Waals surface area contributed by atoms with Gasteiger partial charge in [0.1, 0.15) is 0 Å². The van der Waals surface area contributed by atoms with Crippen LogP contribution in [0.2, 0.25) is 0 Å². The molecule has 18 heavy (non-hydrogen) atoms. The maximum absolute atomic E-state index is 10.4. The molecule has 2 rings (SSSR count). The van der Waals surface area contributed by atoms with Crippen molar-refractivity contribution in [2.45, 2.75) is 19.8 Å². The second kappa shape index (κ2) is 5.59. The third-order valence-electron chi connectivity index (χ3n) is 2.34. The normalized spacial score (nSPS) is 11.7. The van der Waals surface area contributed by atoms with Gasteiger partial charge in [0.15, 0.2) is 0 Å². The fourth-order valence-corrected chi connectivity index (χ4v) is 2.22. The van der Waals surface area contributed by atoms with E-state index in [2.05, 4.69) is 15.5 Å². The lowest BCUT2D eigenvalue weighted by Gasteiger charge is -1.98. The molecule has 94 valence electrons. The van der Waals surface area contributed by atoms with Crippen molar-refractivity contribution < 1.29 is 9.90 Å². The number of rotatable bonds is 5. The van der Waals surface area contributed by atoms with E-state index < -0.39 is 5.97 Å². The number of carbonyl (C=O) groups is 1. The molecule has 0 aliphatic rings. The van der Waals surface area contributed by atoms with E-state index in [1.165, 1.54) is 11.3 Å². The summed E-state index contributed by atoms with van der Waals surface area (Å²) in [5, 5.41) is 13.4. The van der Waals surface area contributed by atoms with Gasteiger partial charge in [-0.25, -0.2) is 4.98 Å². The Kier molecular flexibility index (Phi) is 3.88. The van der Waals surface area contributed by atoms with Gasteiger partial charge in [-0.15, -0.1) is 0 Å². The monoisotopic (exact) mass is 263 g/mol. The number of aliphatic carboxylic acids is 1. The number of benzene rings is 1. The van der Waals surface area contributed by atoms with Crippen LogP contribution in [-0.4, -0.2) is 21.8 Å². The quantitative estimate of drug-likeness (QED) is 0.642. The van der Waals surface area contributed by atoms with Crippen LogP contribution in [0.3, 0.4) is 0 Å². The molecule has 0 spiro atoms. The Balaban J connectivity index is 2.00. The molecule has 0 radical (unpaired) electrons. The Hall–Kier alpha value is -1.95. The molecule has 0 atom stereocenters. The molecule has 1 heterocycles. The molecular formula is C12H13N3O2S. The van der Waals surface area contributed by atoms with Gasteiger partial charge in [-0.1, -0.05) is 23.5 Å². The molecule has 6 heteroatoms. The summed E-state index contributed by atoms with van der Waals surface area (Å²) in [6, 6.07) is 7.84. The van der Waals surface area contributed by atoms with Crippen molar-refractivity contribution in [3.63, 3.8) is 0 Å². The van der Waals surface area contributed by atoms with Gasteiger partial charge in [-0.3, -0.25) is 10.2 Å². The fraction of sp³-hybridized carbons (Fsp3) is 0.250. The predicted molar refractivity (Wildman–Crippen MR) is 73.2 cm³/mol. The van der Waals surface area contributed by atoms with Crippen LogP contribution in [0.25, 0.3) is 10.2 Å². The van der Waals surface area contributed by atoms with Gasteiger partial charge in [-0.2, -0.15) is 5.10 Å². The van der Waals surface area contributed by atoms with Crippen molar-refractivity contribution >= 4 is 38.4 Å². The van der Waals surface area contributed by atoms with Crippen LogP contribution >= 0.6 is 11.3 Å². The van der Waals surface area contributed by atoms with Crippen molar-refractivity contribution in [1.29, 1.82) is 0 Å². The first-order chi connectivity index (χ1) is 8.65. The Morgan fingerprint density at radius 2 is 2.22 bits per heavy atom. The van der Waals surface area contributed by atoms with E-state index in [9.17, 15) is 4.79 Å². The number of thiazole rings is 1. The number of carboxylic acid groups (broad SMARTS) is 1. The number of fused-ring (bicyclic) bond motifs is 1. The molecular weight excluding hydrogens is 250 g/mol. The summed E-state index contributed by atoms with van der Waals surface area (Å²) in [6.07, 6.45) is 0.532. The van der Waals surface area contributed by atoms with Crippen molar-refractivity contribution in [2.24, 2.45) is 5.10 Å². The molecule has 0 aliphatic heterocycles. The Morgan fingerprint density at radius 3 is 2.94 bits per heavy atom. The minimum atomic E-state index is -0.815. The largest absolute Gasteiger partial charge is 0.481 e. The van der Waals surface area contributed by atoms with Crippen LogP contribution in [0.5, 0.6) is 0 Å². The zero-order chi connectivity index (χ0) is 13.0. The molecule has 0 saturated carbocycles. The van der Waals surface area contributed by atoms with E-state index in [4.69, 9.17) is 5.11 Å². The van der Waals surface area contributed by atoms with Gasteiger partial charge in [0, 0.05) is 5.71 Å². The molecule has 0 bridgehead atoms. The lowest BCUT2D eigenvalue weighted by Crippen LogP contribution is -2.02. The van der Waals surface area contributed by atoms with Crippen molar-refractivity contribution in [3.8, 4) is 0 Å². The number of nitrogens with zero attached hydrogens (tertiary/aromatic N) is 2. The summed E-state index contributed by atoms with van der Waals surface area (Å²) in [7, 11) is 0. The first-order valence-electron chi connectivity index (χ1n) is 5.51. The standard InChI is InChI=1S/C12H13N3O2S/c1-8(6-7-11(16)17)14-15-12-13-9-4-2-3-5-10(9)18-12/h2-5H,6-7H2,1H3,(H,13,15)(H,16,17). The average Bonchev–Trinajstić information content (AvgIpc) is 2.76. The summed E-state index contributed by atoms with van der Waals surface area (Å²) in [5.74, 6) is -0.815. The average molecular weight is 263 g/mol. The molecule has 0 aliphatic carbocycles. The van der Waals surface area contributed by atoms with Crippen LogP contribution in [0.4, 0.5) is 5.13 Å². The van der Waals surface area contributed by atoms with Crippen LogP contribution in [0.1, 0.15) is 19.8 Å². The van der Waals surface area contributed by atoms with E-state index in [0.717, 1.165) is 15.9 Å². The second-order valence-electron chi connectivity index (χ2n) is 3.84. The Morgan fingerprint density at radius 1 is 1.44 bits per heavy atom. The van der Waals surface area contributed by atoms with Crippen LogP contribution in [-0.2, 0) is 4.79 Å². The van der Waals surface area contributed by atoms with Crippen LogP contribution in [0, 0.1) is 0 Å².